The van der Waals surface area contributed by atoms with Gasteiger partial charge in [-0.2, -0.15) is 0 Å². The number of nitrogens with one attached hydrogen (secondary N) is 1. The summed E-state index contributed by atoms with van der Waals surface area (Å²) >= 11 is 0. The van der Waals surface area contributed by atoms with Crippen LogP contribution in [0.5, 0.6) is 11.5 Å². The van der Waals surface area contributed by atoms with Gasteiger partial charge in [0.05, 0.1) is 5.56 Å². The maximum Gasteiger partial charge on any atom is 0.339 e. The number of ether oxygens (including phenoxy) is 3. The third-order valence-corrected chi connectivity index (χ3v) is 4.24. The Kier molecular flexibility index (Phi) is 6.49. The third kappa shape index (κ3) is 5.13. The molecule has 0 aromatic heterocycles. The Balaban J connectivity index is 1.73. The standard InChI is InChI=1S/C22H23NO6/c1-14(2)12-23-20(24)13-29-22(26)17-6-4-3-5-16(17)21(25)15-7-8-18-19(11-15)28-10-9-27-18/h3-8,11,14H,9-10,12-13H2,1-2H3,(H,23,24). The molecule has 1 heterocycles. The molecule has 0 saturated carbocycles. The minimum Gasteiger partial charge on any atom is -0.486 e. The Morgan fingerprint density at radius 3 is 2.41 bits per heavy atom. The molecular formula is C22H23NO6. The predicted octanol–water partition coefficient (Wildman–Crippen LogP) is 2.62. The molecule has 0 bridgehead atoms. The van der Waals surface area contributed by atoms with Gasteiger partial charge in [-0.05, 0) is 30.2 Å². The van der Waals surface area contributed by atoms with Crippen molar-refractivity contribution in [2.45, 2.75) is 13.8 Å². The van der Waals surface area contributed by atoms with Gasteiger partial charge in [-0.3, -0.25) is 9.59 Å². The second-order valence-electron chi connectivity index (χ2n) is 7.01. The zero-order chi connectivity index (χ0) is 20.8. The molecule has 0 atom stereocenters. The molecule has 7 nitrogen and oxygen atoms in total. The number of hydrogen-bond donors (Lipinski definition) is 1. The number of amides is 1. The van der Waals surface area contributed by atoms with Crippen LogP contribution in [0, 0.1) is 5.92 Å². The lowest BCUT2D eigenvalue weighted by Crippen LogP contribution is -2.31. The molecule has 0 radical (unpaired) electrons. The average molecular weight is 397 g/mol. The highest BCUT2D eigenvalue weighted by molar-refractivity contribution is 6.14. The summed E-state index contributed by atoms with van der Waals surface area (Å²) in [5, 5.41) is 2.67. The van der Waals surface area contributed by atoms with Gasteiger partial charge in [-0.1, -0.05) is 32.0 Å². The second kappa shape index (κ2) is 9.23. The van der Waals surface area contributed by atoms with E-state index in [9.17, 15) is 14.4 Å². The van der Waals surface area contributed by atoms with Gasteiger partial charge < -0.3 is 19.5 Å². The molecule has 152 valence electrons. The van der Waals surface area contributed by atoms with Gasteiger partial charge in [0.2, 0.25) is 0 Å². The van der Waals surface area contributed by atoms with Crippen molar-refractivity contribution >= 4 is 17.7 Å². The van der Waals surface area contributed by atoms with Crippen molar-refractivity contribution in [3.63, 3.8) is 0 Å². The quantitative estimate of drug-likeness (QED) is 0.571. The van der Waals surface area contributed by atoms with Crippen LogP contribution in [0.3, 0.4) is 0 Å². The van der Waals surface area contributed by atoms with Crippen LogP contribution < -0.4 is 14.8 Å². The minimum atomic E-state index is -0.730. The van der Waals surface area contributed by atoms with Crippen LogP contribution in [0.2, 0.25) is 0 Å². The number of carbonyl (C=O) groups is 3. The van der Waals surface area contributed by atoms with Crippen LogP contribution in [-0.2, 0) is 9.53 Å². The van der Waals surface area contributed by atoms with Crippen LogP contribution in [0.1, 0.15) is 40.1 Å². The number of carbonyl (C=O) groups excluding carboxylic acids is 3. The summed E-state index contributed by atoms with van der Waals surface area (Å²) in [5.41, 5.74) is 0.657. The molecule has 0 saturated heterocycles. The summed E-state index contributed by atoms with van der Waals surface area (Å²) in [5.74, 6) is -0.108. The van der Waals surface area contributed by atoms with E-state index >= 15 is 0 Å². The smallest absolute Gasteiger partial charge is 0.339 e. The van der Waals surface area contributed by atoms with Gasteiger partial charge >= 0.3 is 5.97 Å². The monoisotopic (exact) mass is 397 g/mol. The maximum atomic E-state index is 13.0. The predicted molar refractivity (Wildman–Crippen MR) is 105 cm³/mol. The first kappa shape index (κ1) is 20.4. The zero-order valence-corrected chi connectivity index (χ0v) is 16.4. The molecule has 0 spiro atoms. The van der Waals surface area contributed by atoms with Gasteiger partial charge in [0.15, 0.2) is 23.9 Å². The Labute approximate surface area is 169 Å². The van der Waals surface area contributed by atoms with Crippen molar-refractivity contribution in [1.29, 1.82) is 0 Å². The van der Waals surface area contributed by atoms with Crippen LogP contribution in [0.15, 0.2) is 42.5 Å². The molecule has 0 fully saturated rings. The van der Waals surface area contributed by atoms with E-state index < -0.39 is 12.6 Å². The Hall–Kier alpha value is -3.35. The van der Waals surface area contributed by atoms with Gasteiger partial charge in [-0.15, -0.1) is 0 Å². The largest absolute Gasteiger partial charge is 0.486 e. The highest BCUT2D eigenvalue weighted by Gasteiger charge is 2.22. The van der Waals surface area contributed by atoms with Gasteiger partial charge in [0, 0.05) is 17.7 Å². The number of ketones is 1. The molecule has 7 heteroatoms. The van der Waals surface area contributed by atoms with E-state index in [1.807, 2.05) is 13.8 Å². The van der Waals surface area contributed by atoms with E-state index in [2.05, 4.69) is 5.32 Å². The molecule has 1 amide bonds. The zero-order valence-electron chi connectivity index (χ0n) is 16.4. The highest BCUT2D eigenvalue weighted by atomic mass is 16.6. The van der Waals surface area contributed by atoms with E-state index in [0.717, 1.165) is 0 Å². The molecule has 3 rings (SSSR count). The number of fused-ring (bicyclic) bond motifs is 1. The van der Waals surface area contributed by atoms with E-state index in [0.29, 0.717) is 42.7 Å². The Morgan fingerprint density at radius 1 is 1.00 bits per heavy atom. The summed E-state index contributed by atoms with van der Waals surface area (Å²) in [4.78, 5) is 37.2. The Bertz CT molecular complexity index is 921. The van der Waals surface area contributed by atoms with Crippen molar-refractivity contribution in [2.24, 2.45) is 5.92 Å². The van der Waals surface area contributed by atoms with Crippen molar-refractivity contribution in [3.8, 4) is 11.5 Å². The first-order valence-corrected chi connectivity index (χ1v) is 9.43. The van der Waals surface area contributed by atoms with Crippen molar-refractivity contribution in [1.82, 2.24) is 5.32 Å². The average Bonchev–Trinajstić information content (AvgIpc) is 2.75. The summed E-state index contributed by atoms with van der Waals surface area (Å²) in [7, 11) is 0. The lowest BCUT2D eigenvalue weighted by atomic mass is 9.98. The lowest BCUT2D eigenvalue weighted by molar-refractivity contribution is -0.124. The van der Waals surface area contributed by atoms with Gasteiger partial charge in [-0.25, -0.2) is 4.79 Å². The normalized spacial score (nSPS) is 12.4. The van der Waals surface area contributed by atoms with Crippen LogP contribution >= 0.6 is 0 Å². The second-order valence-corrected chi connectivity index (χ2v) is 7.01. The van der Waals surface area contributed by atoms with E-state index in [1.54, 1.807) is 36.4 Å². The van der Waals surface area contributed by atoms with E-state index in [4.69, 9.17) is 14.2 Å². The summed E-state index contributed by atoms with van der Waals surface area (Å²) in [6.45, 7) is 4.89. The molecule has 2 aromatic carbocycles. The number of hydrogen-bond acceptors (Lipinski definition) is 6. The van der Waals surface area contributed by atoms with Crippen molar-refractivity contribution < 1.29 is 28.6 Å². The maximum absolute atomic E-state index is 13.0. The van der Waals surface area contributed by atoms with Crippen molar-refractivity contribution in [2.75, 3.05) is 26.4 Å². The van der Waals surface area contributed by atoms with Crippen LogP contribution in [0.4, 0.5) is 0 Å². The molecule has 1 N–H and O–H groups in total. The third-order valence-electron chi connectivity index (χ3n) is 4.24. The molecule has 1 aliphatic heterocycles. The Morgan fingerprint density at radius 2 is 1.69 bits per heavy atom. The fourth-order valence-electron chi connectivity index (χ4n) is 2.78. The molecule has 29 heavy (non-hydrogen) atoms. The van der Waals surface area contributed by atoms with E-state index in [1.165, 1.54) is 6.07 Å². The van der Waals surface area contributed by atoms with Gasteiger partial charge in [0.25, 0.3) is 5.91 Å². The van der Waals surface area contributed by atoms with Gasteiger partial charge in [0.1, 0.15) is 13.2 Å². The molecule has 2 aromatic rings. The first-order valence-electron chi connectivity index (χ1n) is 9.43. The molecular weight excluding hydrogens is 374 g/mol. The van der Waals surface area contributed by atoms with E-state index in [-0.39, 0.29) is 22.8 Å². The number of rotatable bonds is 7. The number of esters is 1. The fraction of sp³-hybridized carbons (Fsp3) is 0.318. The summed E-state index contributed by atoms with van der Waals surface area (Å²) < 4.78 is 16.1. The summed E-state index contributed by atoms with van der Waals surface area (Å²) in [6.07, 6.45) is 0. The topological polar surface area (TPSA) is 90.9 Å². The fourth-order valence-corrected chi connectivity index (χ4v) is 2.78. The van der Waals surface area contributed by atoms with Crippen LogP contribution in [0.25, 0.3) is 0 Å². The summed E-state index contributed by atoms with van der Waals surface area (Å²) in [6, 6.07) is 11.2. The van der Waals surface area contributed by atoms with Crippen LogP contribution in [-0.4, -0.2) is 44.0 Å². The highest BCUT2D eigenvalue weighted by Crippen LogP contribution is 2.31. The molecule has 0 unspecified atom stereocenters. The lowest BCUT2D eigenvalue weighted by Gasteiger charge is -2.18. The van der Waals surface area contributed by atoms with Crippen molar-refractivity contribution in [3.05, 3.63) is 59.2 Å². The molecule has 1 aliphatic rings. The minimum absolute atomic E-state index is 0.101. The SMILES string of the molecule is CC(C)CNC(=O)COC(=O)c1ccccc1C(=O)c1ccc2c(c1)OCCO2. The molecule has 0 aliphatic carbocycles. The first-order chi connectivity index (χ1) is 14.0. The number of benzene rings is 2.